The number of carbonyl (C=O) groups is 1. The van der Waals surface area contributed by atoms with Gasteiger partial charge in [0.15, 0.2) is 5.75 Å². The minimum Gasteiger partial charge on any atom is -0.502 e. The normalized spacial score (nSPS) is 17.1. The van der Waals surface area contributed by atoms with Crippen molar-refractivity contribution in [2.45, 2.75) is 6.92 Å². The summed E-state index contributed by atoms with van der Waals surface area (Å²) in [5, 5.41) is 20.1. The predicted octanol–water partition coefficient (Wildman–Crippen LogP) is 2.52. The zero-order valence-electron chi connectivity index (χ0n) is 10.4. The number of aromatic hydroxyl groups is 1. The van der Waals surface area contributed by atoms with E-state index in [2.05, 4.69) is 0 Å². The Labute approximate surface area is 124 Å². The highest BCUT2D eigenvalue weighted by Crippen LogP contribution is 2.34. The smallest absolute Gasteiger partial charge is 0.311 e. The lowest BCUT2D eigenvalue weighted by molar-refractivity contribution is -0.385. The SMILES string of the molecule is CCN1C(=O)C(=Cc2ccc(O)c([N+](=O)[O-])c2)SC1=S. The summed E-state index contributed by atoms with van der Waals surface area (Å²) in [7, 11) is 0. The summed E-state index contributed by atoms with van der Waals surface area (Å²) in [6.45, 7) is 2.30. The Bertz CT molecular complexity index is 642. The van der Waals surface area contributed by atoms with Crippen molar-refractivity contribution in [2.75, 3.05) is 6.54 Å². The molecule has 0 unspecified atom stereocenters. The molecule has 2 rings (SSSR count). The quantitative estimate of drug-likeness (QED) is 0.400. The van der Waals surface area contributed by atoms with Gasteiger partial charge in [-0.25, -0.2) is 0 Å². The maximum atomic E-state index is 12.0. The number of benzene rings is 1. The fourth-order valence-corrected chi connectivity index (χ4v) is 3.08. The highest BCUT2D eigenvalue weighted by molar-refractivity contribution is 8.26. The molecule has 0 aromatic heterocycles. The molecule has 0 saturated carbocycles. The van der Waals surface area contributed by atoms with Crippen LogP contribution in [-0.4, -0.2) is 31.7 Å². The average molecular weight is 310 g/mol. The fraction of sp³-hybridized carbons (Fsp3) is 0.167. The lowest BCUT2D eigenvalue weighted by Gasteiger charge is -2.09. The van der Waals surface area contributed by atoms with Crippen LogP contribution in [0.2, 0.25) is 0 Å². The van der Waals surface area contributed by atoms with E-state index >= 15 is 0 Å². The maximum absolute atomic E-state index is 12.0. The van der Waals surface area contributed by atoms with Gasteiger partial charge >= 0.3 is 5.69 Å². The van der Waals surface area contributed by atoms with Gasteiger partial charge in [0, 0.05) is 12.6 Å². The van der Waals surface area contributed by atoms with Gasteiger partial charge in [0.05, 0.1) is 9.83 Å². The number of thioether (sulfide) groups is 1. The predicted molar refractivity (Wildman–Crippen MR) is 80.3 cm³/mol. The molecule has 1 heterocycles. The molecule has 1 aromatic carbocycles. The molecular formula is C12H10N2O4S2. The zero-order valence-corrected chi connectivity index (χ0v) is 12.0. The summed E-state index contributed by atoms with van der Waals surface area (Å²) >= 11 is 6.23. The molecule has 1 aromatic rings. The molecule has 20 heavy (non-hydrogen) atoms. The number of nitrogens with zero attached hydrogens (tertiary/aromatic N) is 2. The van der Waals surface area contributed by atoms with Crippen LogP contribution in [0.5, 0.6) is 5.75 Å². The average Bonchev–Trinajstić information content (AvgIpc) is 2.66. The Balaban J connectivity index is 2.37. The van der Waals surface area contributed by atoms with E-state index in [9.17, 15) is 20.0 Å². The van der Waals surface area contributed by atoms with Gasteiger partial charge in [-0.2, -0.15) is 0 Å². The van der Waals surface area contributed by atoms with Gasteiger partial charge < -0.3 is 5.11 Å². The molecule has 1 saturated heterocycles. The van der Waals surface area contributed by atoms with Gasteiger partial charge in [-0.1, -0.05) is 30.0 Å². The molecule has 0 aliphatic carbocycles. The van der Waals surface area contributed by atoms with Crippen LogP contribution in [-0.2, 0) is 4.79 Å². The number of phenols is 1. The highest BCUT2D eigenvalue weighted by Gasteiger charge is 2.30. The van der Waals surface area contributed by atoms with Crippen LogP contribution in [0, 0.1) is 10.1 Å². The molecule has 0 atom stereocenters. The largest absolute Gasteiger partial charge is 0.502 e. The highest BCUT2D eigenvalue weighted by atomic mass is 32.2. The van der Waals surface area contributed by atoms with Crippen LogP contribution in [0.4, 0.5) is 5.69 Å². The van der Waals surface area contributed by atoms with E-state index in [0.717, 1.165) is 11.8 Å². The molecule has 1 N–H and O–H groups in total. The van der Waals surface area contributed by atoms with Crippen LogP contribution in [0.25, 0.3) is 6.08 Å². The molecule has 0 bridgehead atoms. The molecule has 1 amide bonds. The van der Waals surface area contributed by atoms with Crippen molar-refractivity contribution in [1.29, 1.82) is 0 Å². The number of thiocarbonyl (C=S) groups is 1. The molecule has 1 fully saturated rings. The summed E-state index contributed by atoms with van der Waals surface area (Å²) in [5.74, 6) is -0.619. The number of hydrogen-bond acceptors (Lipinski definition) is 6. The first kappa shape index (κ1) is 14.5. The van der Waals surface area contributed by atoms with E-state index in [1.807, 2.05) is 6.92 Å². The van der Waals surface area contributed by atoms with Crippen molar-refractivity contribution >= 4 is 46.0 Å². The maximum Gasteiger partial charge on any atom is 0.311 e. The molecule has 8 heteroatoms. The van der Waals surface area contributed by atoms with E-state index in [0.29, 0.717) is 21.3 Å². The number of amides is 1. The summed E-state index contributed by atoms with van der Waals surface area (Å²) < 4.78 is 0.469. The van der Waals surface area contributed by atoms with Crippen molar-refractivity contribution in [3.63, 3.8) is 0 Å². The lowest BCUT2D eigenvalue weighted by Crippen LogP contribution is -2.27. The summed E-state index contributed by atoms with van der Waals surface area (Å²) in [6, 6.07) is 3.94. The third kappa shape index (κ3) is 2.66. The Morgan fingerprint density at radius 3 is 2.80 bits per heavy atom. The van der Waals surface area contributed by atoms with Crippen LogP contribution in [0.3, 0.4) is 0 Å². The Morgan fingerprint density at radius 2 is 2.25 bits per heavy atom. The number of nitro benzene ring substituents is 1. The topological polar surface area (TPSA) is 83.7 Å². The molecular weight excluding hydrogens is 300 g/mol. The second kappa shape index (κ2) is 5.59. The van der Waals surface area contributed by atoms with Gasteiger partial charge in [-0.3, -0.25) is 19.8 Å². The third-order valence-electron chi connectivity index (χ3n) is 2.68. The standard InChI is InChI=1S/C12H10N2O4S2/c1-2-13-11(16)10(20-12(13)19)6-7-3-4-9(15)8(5-7)14(17)18/h3-6,15H,2H2,1H3. The lowest BCUT2D eigenvalue weighted by atomic mass is 10.1. The van der Waals surface area contributed by atoms with Gasteiger partial charge in [-0.05, 0) is 24.6 Å². The van der Waals surface area contributed by atoms with Gasteiger partial charge in [0.1, 0.15) is 4.32 Å². The monoisotopic (exact) mass is 310 g/mol. The first-order valence-corrected chi connectivity index (χ1v) is 6.89. The molecule has 104 valence electrons. The number of nitro groups is 1. The van der Waals surface area contributed by atoms with E-state index < -0.39 is 16.4 Å². The molecule has 0 spiro atoms. The van der Waals surface area contributed by atoms with Crippen molar-refractivity contribution in [1.82, 2.24) is 4.90 Å². The van der Waals surface area contributed by atoms with E-state index in [-0.39, 0.29) is 5.91 Å². The van der Waals surface area contributed by atoms with Crippen molar-refractivity contribution in [3.8, 4) is 5.75 Å². The van der Waals surface area contributed by atoms with Crippen LogP contribution in [0.15, 0.2) is 23.1 Å². The van der Waals surface area contributed by atoms with Crippen LogP contribution >= 0.6 is 24.0 Å². The van der Waals surface area contributed by atoms with Crippen molar-refractivity contribution in [2.24, 2.45) is 0 Å². The van der Waals surface area contributed by atoms with Crippen LogP contribution in [0.1, 0.15) is 12.5 Å². The van der Waals surface area contributed by atoms with Gasteiger partial charge in [0.2, 0.25) is 0 Å². The fourth-order valence-electron chi connectivity index (χ4n) is 1.70. The minimum atomic E-state index is -0.677. The first-order chi connectivity index (χ1) is 9.43. The molecule has 6 nitrogen and oxygen atoms in total. The second-order valence-corrected chi connectivity index (χ2v) is 5.61. The number of carbonyl (C=O) groups excluding carboxylic acids is 1. The van der Waals surface area contributed by atoms with Crippen molar-refractivity contribution in [3.05, 3.63) is 38.8 Å². The van der Waals surface area contributed by atoms with E-state index in [1.165, 1.54) is 29.2 Å². The first-order valence-electron chi connectivity index (χ1n) is 5.66. The number of likely N-dealkylation sites (N-methyl/N-ethyl adjacent to an activating group) is 1. The van der Waals surface area contributed by atoms with Crippen molar-refractivity contribution < 1.29 is 14.8 Å². The molecule has 1 aliphatic heterocycles. The van der Waals surface area contributed by atoms with Gasteiger partial charge in [0.25, 0.3) is 5.91 Å². The Hall–Kier alpha value is -1.93. The van der Waals surface area contributed by atoms with E-state index in [1.54, 1.807) is 0 Å². The number of rotatable bonds is 3. The number of phenolic OH excluding ortho intramolecular Hbond substituents is 1. The minimum absolute atomic E-state index is 0.210. The molecule has 1 aliphatic rings. The zero-order chi connectivity index (χ0) is 14.9. The second-order valence-electron chi connectivity index (χ2n) is 3.93. The summed E-state index contributed by atoms with van der Waals surface area (Å²) in [4.78, 5) is 23.9. The van der Waals surface area contributed by atoms with Crippen LogP contribution < -0.4 is 0 Å². The third-order valence-corrected chi connectivity index (χ3v) is 4.06. The number of hydrogen-bond donors (Lipinski definition) is 1. The van der Waals surface area contributed by atoms with E-state index in [4.69, 9.17) is 12.2 Å². The summed E-state index contributed by atoms with van der Waals surface area (Å²) in [6.07, 6.45) is 1.53. The van der Waals surface area contributed by atoms with Gasteiger partial charge in [-0.15, -0.1) is 0 Å². The summed E-state index contributed by atoms with van der Waals surface area (Å²) in [5.41, 5.74) is 0.0656. The Morgan fingerprint density at radius 1 is 1.55 bits per heavy atom. The Kier molecular flexibility index (Phi) is 4.05. The molecule has 0 radical (unpaired) electrons.